The van der Waals surface area contributed by atoms with Gasteiger partial charge in [0.25, 0.3) is 5.91 Å². The lowest BCUT2D eigenvalue weighted by Gasteiger charge is -2.20. The monoisotopic (exact) mass is 448 g/mol. The fraction of sp³-hybridized carbons (Fsp3) is 0.455. The predicted molar refractivity (Wildman–Crippen MR) is 117 cm³/mol. The van der Waals surface area contributed by atoms with Crippen molar-refractivity contribution in [2.75, 3.05) is 18.5 Å². The average Bonchev–Trinajstić information content (AvgIpc) is 2.67. The van der Waals surface area contributed by atoms with Crippen LogP contribution in [-0.2, 0) is 17.7 Å². The lowest BCUT2D eigenvalue weighted by molar-refractivity contribution is 0.102. The largest absolute Gasteiger partial charge is 0.382 e. The summed E-state index contributed by atoms with van der Waals surface area (Å²) in [5.74, 6) is -0.370. The number of aryl methyl sites for hydroxylation is 2. The minimum Gasteiger partial charge on any atom is -0.382 e. The maximum absolute atomic E-state index is 13.1. The van der Waals surface area contributed by atoms with Crippen LogP contribution in [-0.4, -0.2) is 23.7 Å². The van der Waals surface area contributed by atoms with Gasteiger partial charge >= 0.3 is 0 Å². The molecule has 1 aromatic heterocycles. The van der Waals surface area contributed by atoms with Crippen LogP contribution < -0.4 is 10.7 Å². The van der Waals surface area contributed by atoms with Crippen molar-refractivity contribution in [3.63, 3.8) is 0 Å². The highest BCUT2D eigenvalue weighted by atomic mass is 79.9. The van der Waals surface area contributed by atoms with Crippen LogP contribution in [0.5, 0.6) is 0 Å². The summed E-state index contributed by atoms with van der Waals surface area (Å²) in [5.41, 5.74) is 4.21. The van der Waals surface area contributed by atoms with Crippen LogP contribution in [0.2, 0.25) is 0 Å². The Balaban J connectivity index is 2.43. The molecule has 0 bridgehead atoms. The van der Waals surface area contributed by atoms with E-state index in [1.54, 1.807) is 0 Å². The van der Waals surface area contributed by atoms with Gasteiger partial charge in [-0.1, -0.05) is 25.1 Å². The highest BCUT2D eigenvalue weighted by Crippen LogP contribution is 2.23. The first kappa shape index (κ1) is 22.4. The van der Waals surface area contributed by atoms with Crippen LogP contribution in [0.25, 0.3) is 0 Å². The Morgan fingerprint density at radius 3 is 2.54 bits per heavy atom. The number of halogens is 1. The molecule has 2 rings (SSSR count). The molecule has 0 fully saturated rings. The van der Waals surface area contributed by atoms with Crippen LogP contribution in [0.1, 0.15) is 53.1 Å². The lowest BCUT2D eigenvalue weighted by Crippen LogP contribution is -2.29. The molecule has 5 nitrogen and oxygen atoms in total. The maximum atomic E-state index is 13.1. The van der Waals surface area contributed by atoms with Crippen LogP contribution in [0.15, 0.2) is 27.5 Å². The summed E-state index contributed by atoms with van der Waals surface area (Å²) in [5, 5.41) is 2.98. The molecule has 0 saturated carbocycles. The minimum atomic E-state index is -0.370. The summed E-state index contributed by atoms with van der Waals surface area (Å²) in [6.45, 7) is 11.7. The number of ether oxygens (including phenoxy) is 1. The maximum Gasteiger partial charge on any atom is 0.261 e. The van der Waals surface area contributed by atoms with Crippen LogP contribution in [0, 0.1) is 20.8 Å². The van der Waals surface area contributed by atoms with Crippen molar-refractivity contribution in [3.8, 4) is 0 Å². The van der Waals surface area contributed by atoms with Crippen molar-refractivity contribution >= 4 is 27.5 Å². The second-order valence-electron chi connectivity index (χ2n) is 6.81. The van der Waals surface area contributed by atoms with Gasteiger partial charge in [0.05, 0.1) is 4.47 Å². The quantitative estimate of drug-likeness (QED) is 0.591. The Kier molecular flexibility index (Phi) is 8.01. The van der Waals surface area contributed by atoms with Crippen LogP contribution in [0.4, 0.5) is 5.69 Å². The molecular formula is C22H29BrN2O3. The normalized spacial score (nSPS) is 10.9. The fourth-order valence-electron chi connectivity index (χ4n) is 3.39. The number of aromatic nitrogens is 1. The average molecular weight is 449 g/mol. The molecule has 0 aliphatic carbocycles. The number of pyridine rings is 1. The number of rotatable bonds is 8. The van der Waals surface area contributed by atoms with E-state index >= 15 is 0 Å². The van der Waals surface area contributed by atoms with Gasteiger partial charge in [0, 0.05) is 36.8 Å². The number of hydrogen-bond acceptors (Lipinski definition) is 3. The van der Waals surface area contributed by atoms with Crippen molar-refractivity contribution in [3.05, 3.63) is 61.0 Å². The summed E-state index contributed by atoms with van der Waals surface area (Å²) in [6.07, 6.45) is 1.61. The van der Waals surface area contributed by atoms with Gasteiger partial charge in [-0.15, -0.1) is 0 Å². The Hall–Kier alpha value is -1.92. The molecule has 0 aliphatic rings. The lowest BCUT2D eigenvalue weighted by atomic mass is 10.0. The standard InChI is InChI=1S/C22H29BrN2O3/c1-6-17-11-8-10-14(3)20(17)24-22(27)18-15(4)25(12-9-13-28-7-2)16(5)19(23)21(18)26/h8,10-11H,6-7,9,12-13H2,1-5H3,(H,24,27). The predicted octanol–water partition coefficient (Wildman–Crippen LogP) is 4.78. The summed E-state index contributed by atoms with van der Waals surface area (Å²) in [7, 11) is 0. The molecule has 0 saturated heterocycles. The van der Waals surface area contributed by atoms with E-state index in [1.807, 2.05) is 57.4 Å². The van der Waals surface area contributed by atoms with Gasteiger partial charge in [-0.05, 0) is 67.6 Å². The number of nitrogens with one attached hydrogen (secondary N) is 1. The van der Waals surface area contributed by atoms with E-state index in [2.05, 4.69) is 21.2 Å². The zero-order valence-electron chi connectivity index (χ0n) is 17.3. The van der Waals surface area contributed by atoms with E-state index in [9.17, 15) is 9.59 Å². The van der Waals surface area contributed by atoms with Gasteiger partial charge in [-0.3, -0.25) is 9.59 Å². The molecule has 0 atom stereocenters. The van der Waals surface area contributed by atoms with Crippen molar-refractivity contribution < 1.29 is 9.53 Å². The number of para-hydroxylation sites is 1. The van der Waals surface area contributed by atoms with Crippen LogP contribution >= 0.6 is 15.9 Å². The molecule has 1 amide bonds. The summed E-state index contributed by atoms with van der Waals surface area (Å²) >= 11 is 3.39. The summed E-state index contributed by atoms with van der Waals surface area (Å²) in [6, 6.07) is 5.92. The van der Waals surface area contributed by atoms with E-state index in [0.717, 1.165) is 35.3 Å². The third-order valence-electron chi connectivity index (χ3n) is 5.00. The van der Waals surface area contributed by atoms with Crippen molar-refractivity contribution in [2.45, 2.75) is 54.0 Å². The molecule has 1 aromatic carbocycles. The highest BCUT2D eigenvalue weighted by Gasteiger charge is 2.22. The van der Waals surface area contributed by atoms with Gasteiger partial charge in [-0.25, -0.2) is 0 Å². The smallest absolute Gasteiger partial charge is 0.261 e. The SMILES string of the molecule is CCOCCCn1c(C)c(Br)c(=O)c(C(=O)Nc2c(C)cccc2CC)c1C. The number of benzene rings is 1. The first-order chi connectivity index (χ1) is 13.3. The van der Waals surface area contributed by atoms with Crippen molar-refractivity contribution in [1.29, 1.82) is 0 Å². The molecule has 0 aliphatic heterocycles. The highest BCUT2D eigenvalue weighted by molar-refractivity contribution is 9.10. The molecule has 152 valence electrons. The minimum absolute atomic E-state index is 0.180. The van der Waals surface area contributed by atoms with E-state index in [4.69, 9.17) is 4.74 Å². The molecule has 0 spiro atoms. The Morgan fingerprint density at radius 2 is 1.89 bits per heavy atom. The van der Waals surface area contributed by atoms with Crippen molar-refractivity contribution in [2.24, 2.45) is 0 Å². The Bertz CT molecular complexity index is 919. The van der Waals surface area contributed by atoms with E-state index in [-0.39, 0.29) is 16.9 Å². The molecule has 6 heteroatoms. The van der Waals surface area contributed by atoms with E-state index < -0.39 is 0 Å². The summed E-state index contributed by atoms with van der Waals surface area (Å²) < 4.78 is 7.86. The molecule has 1 N–H and O–H groups in total. The Morgan fingerprint density at radius 1 is 1.18 bits per heavy atom. The molecular weight excluding hydrogens is 420 g/mol. The van der Waals surface area contributed by atoms with Crippen LogP contribution in [0.3, 0.4) is 0 Å². The molecule has 28 heavy (non-hydrogen) atoms. The fourth-order valence-corrected chi connectivity index (χ4v) is 3.81. The van der Waals surface area contributed by atoms with Gasteiger partial charge < -0.3 is 14.6 Å². The van der Waals surface area contributed by atoms with Gasteiger partial charge in [-0.2, -0.15) is 0 Å². The third kappa shape index (κ3) is 4.73. The van der Waals surface area contributed by atoms with Gasteiger partial charge in [0.15, 0.2) is 0 Å². The number of anilines is 1. The third-order valence-corrected chi connectivity index (χ3v) is 5.93. The second kappa shape index (κ2) is 10.0. The summed E-state index contributed by atoms with van der Waals surface area (Å²) in [4.78, 5) is 26.0. The van der Waals surface area contributed by atoms with E-state index in [0.29, 0.717) is 29.9 Å². The second-order valence-corrected chi connectivity index (χ2v) is 7.60. The first-order valence-corrected chi connectivity index (χ1v) is 10.5. The molecule has 0 unspecified atom stereocenters. The molecule has 0 radical (unpaired) electrons. The zero-order chi connectivity index (χ0) is 20.8. The number of hydrogen-bond donors (Lipinski definition) is 1. The topological polar surface area (TPSA) is 60.3 Å². The number of amides is 1. The number of nitrogens with zero attached hydrogens (tertiary/aromatic N) is 1. The molecule has 2 aromatic rings. The number of carbonyl (C=O) groups excluding carboxylic acids is 1. The van der Waals surface area contributed by atoms with Crippen molar-refractivity contribution in [1.82, 2.24) is 4.57 Å². The first-order valence-electron chi connectivity index (χ1n) is 9.70. The zero-order valence-corrected chi connectivity index (χ0v) is 18.9. The van der Waals surface area contributed by atoms with Gasteiger partial charge in [0.2, 0.25) is 5.43 Å². The Labute approximate surface area is 175 Å². The molecule has 1 heterocycles. The van der Waals surface area contributed by atoms with E-state index in [1.165, 1.54) is 0 Å². The number of carbonyl (C=O) groups is 1. The van der Waals surface area contributed by atoms with Gasteiger partial charge in [0.1, 0.15) is 5.56 Å².